The van der Waals surface area contributed by atoms with E-state index in [-0.39, 0.29) is 17.9 Å². The van der Waals surface area contributed by atoms with Gasteiger partial charge in [-0.05, 0) is 58.7 Å². The van der Waals surface area contributed by atoms with E-state index in [4.69, 9.17) is 4.99 Å². The average Bonchev–Trinajstić information content (AvgIpc) is 3.74. The van der Waals surface area contributed by atoms with Crippen LogP contribution in [0.2, 0.25) is 0 Å². The van der Waals surface area contributed by atoms with E-state index in [1.165, 1.54) is 4.90 Å². The van der Waals surface area contributed by atoms with Crippen molar-refractivity contribution in [3.63, 3.8) is 0 Å². The predicted octanol–water partition coefficient (Wildman–Crippen LogP) is 11.8. The minimum Gasteiger partial charge on any atom is -0.308 e. The summed E-state index contributed by atoms with van der Waals surface area (Å²) in [5.74, 6) is -0.755. The van der Waals surface area contributed by atoms with Crippen molar-refractivity contribution < 1.29 is 9.59 Å². The van der Waals surface area contributed by atoms with Crippen molar-refractivity contribution in [1.82, 2.24) is 4.57 Å². The van der Waals surface area contributed by atoms with E-state index in [0.717, 1.165) is 60.8 Å². The molecule has 0 saturated carbocycles. The number of anilines is 1. The Labute approximate surface area is 329 Å². The molecule has 0 spiro atoms. The van der Waals surface area contributed by atoms with E-state index >= 15 is 9.59 Å². The summed E-state index contributed by atoms with van der Waals surface area (Å²) in [6.07, 6.45) is 3.81. The number of carbonyl (C=O) groups excluding carboxylic acids is 2. The summed E-state index contributed by atoms with van der Waals surface area (Å²) in [5.41, 5.74) is 10.2. The lowest BCUT2D eigenvalue weighted by atomic mass is 9.90. The molecule has 3 heterocycles. The first-order valence-corrected chi connectivity index (χ1v) is 19.1. The van der Waals surface area contributed by atoms with Gasteiger partial charge in [0.05, 0.1) is 39.6 Å². The number of amides is 2. The van der Waals surface area contributed by atoms with Gasteiger partial charge in [-0.25, -0.2) is 4.90 Å². The number of rotatable bonds is 6. The number of para-hydroxylation sites is 2. The van der Waals surface area contributed by atoms with E-state index in [1.807, 2.05) is 115 Å². The molecule has 6 heteroatoms. The Kier molecular flexibility index (Phi) is 8.09. The first-order valence-electron chi connectivity index (χ1n) is 19.1. The van der Waals surface area contributed by atoms with Gasteiger partial charge in [-0.3, -0.25) is 14.6 Å². The lowest BCUT2D eigenvalue weighted by Crippen LogP contribution is -2.30. The lowest BCUT2D eigenvalue weighted by molar-refractivity contribution is 0.0926. The molecule has 1 unspecified atom stereocenters. The minimum atomic E-state index is -0.394. The molecule has 0 N–H and O–H groups in total. The lowest BCUT2D eigenvalue weighted by Gasteiger charge is -2.24. The molecule has 0 radical (unpaired) electrons. The van der Waals surface area contributed by atoms with Crippen molar-refractivity contribution in [1.29, 1.82) is 5.26 Å². The second-order valence-electron chi connectivity index (χ2n) is 14.5. The maximum Gasteiger partial charge on any atom is 0.268 e. The second-order valence-corrected chi connectivity index (χ2v) is 14.5. The van der Waals surface area contributed by atoms with Crippen molar-refractivity contribution >= 4 is 45.0 Å². The Morgan fingerprint density at radius 3 is 1.86 bits per heavy atom. The molecule has 0 bridgehead atoms. The summed E-state index contributed by atoms with van der Waals surface area (Å²) in [6.45, 7) is 2.10. The number of imide groups is 1. The smallest absolute Gasteiger partial charge is 0.268 e. The molecular weight excluding hydrogens is 701 g/mol. The monoisotopic (exact) mass is 734 g/mol. The highest BCUT2D eigenvalue weighted by Gasteiger charge is 2.42. The molecule has 1 aromatic heterocycles. The quantitative estimate of drug-likeness (QED) is 0.160. The standard InChI is InChI=1S/C51H34N4O2/c1-32-27-28-37(31-52)53-47(32)41-24-13-22-39-38-21-11-12-25-44(38)54(48(39)41)45-26-14-23-40-46(45)51(57)55(50(40)56)49-42(34-17-7-3-8-18-34)29-36(33-15-5-2-6-16-33)30-43(49)35-19-9-4-10-20-35/h2-30,32,47H,1H3/t32-,47?/m0/s1. The zero-order valence-corrected chi connectivity index (χ0v) is 31.0. The van der Waals surface area contributed by atoms with Crippen LogP contribution in [-0.2, 0) is 0 Å². The summed E-state index contributed by atoms with van der Waals surface area (Å²) < 4.78 is 2.12. The van der Waals surface area contributed by atoms with Gasteiger partial charge in [0.15, 0.2) is 0 Å². The zero-order chi connectivity index (χ0) is 38.6. The highest BCUT2D eigenvalue weighted by Crippen LogP contribution is 2.47. The molecule has 0 fully saturated rings. The van der Waals surface area contributed by atoms with Gasteiger partial charge >= 0.3 is 0 Å². The Morgan fingerprint density at radius 2 is 1.19 bits per heavy atom. The molecule has 7 aromatic carbocycles. The number of aromatic nitrogens is 1. The summed E-state index contributed by atoms with van der Waals surface area (Å²) in [6, 6.07) is 56.0. The molecule has 10 rings (SSSR count). The zero-order valence-electron chi connectivity index (χ0n) is 31.0. The number of fused-ring (bicyclic) bond motifs is 4. The number of nitrogens with zero attached hydrogens (tertiary/aromatic N) is 4. The fraction of sp³-hybridized carbons (Fsp3) is 0.0588. The van der Waals surface area contributed by atoms with Gasteiger partial charge in [-0.2, -0.15) is 5.26 Å². The topological polar surface area (TPSA) is 78.5 Å². The van der Waals surface area contributed by atoms with Gasteiger partial charge in [0.2, 0.25) is 0 Å². The maximum atomic E-state index is 15.5. The number of nitriles is 1. The predicted molar refractivity (Wildman–Crippen MR) is 229 cm³/mol. The molecule has 0 saturated heterocycles. The second kappa shape index (κ2) is 13.6. The molecule has 2 atom stereocenters. The van der Waals surface area contributed by atoms with E-state index in [2.05, 4.69) is 66.1 Å². The van der Waals surface area contributed by atoms with Crippen LogP contribution >= 0.6 is 0 Å². The van der Waals surface area contributed by atoms with Crippen LogP contribution in [0.1, 0.15) is 39.2 Å². The number of carbonyl (C=O) groups is 2. The SMILES string of the molecule is C[C@H]1C=CC(C#N)=NC1c1cccc2c3ccccc3n(-c3cccc4c3C(=O)N(c3c(-c5ccccc5)cc(-c5ccccc5)cc3-c3ccccc3)C4=O)c12. The highest BCUT2D eigenvalue weighted by molar-refractivity contribution is 6.37. The van der Waals surface area contributed by atoms with Gasteiger partial charge in [-0.1, -0.05) is 146 Å². The first-order chi connectivity index (χ1) is 28.0. The van der Waals surface area contributed by atoms with E-state index in [1.54, 1.807) is 12.1 Å². The van der Waals surface area contributed by atoms with Crippen LogP contribution < -0.4 is 4.90 Å². The number of hydrogen-bond acceptors (Lipinski definition) is 4. The largest absolute Gasteiger partial charge is 0.308 e. The third-order valence-corrected chi connectivity index (χ3v) is 11.2. The van der Waals surface area contributed by atoms with Gasteiger partial charge in [-0.15, -0.1) is 0 Å². The third kappa shape index (κ3) is 5.43. The van der Waals surface area contributed by atoms with Crippen molar-refractivity contribution in [2.24, 2.45) is 10.9 Å². The fourth-order valence-electron chi connectivity index (χ4n) is 8.62. The number of aliphatic imine (C=N–C) groups is 1. The molecule has 270 valence electrons. The van der Waals surface area contributed by atoms with Gasteiger partial charge in [0.25, 0.3) is 11.8 Å². The van der Waals surface area contributed by atoms with Gasteiger partial charge < -0.3 is 4.57 Å². The summed E-state index contributed by atoms with van der Waals surface area (Å²) in [7, 11) is 0. The average molecular weight is 735 g/mol. The number of allylic oxidation sites excluding steroid dienone is 1. The van der Waals surface area contributed by atoms with E-state index < -0.39 is 5.91 Å². The van der Waals surface area contributed by atoms with Gasteiger partial charge in [0.1, 0.15) is 11.8 Å². The fourth-order valence-corrected chi connectivity index (χ4v) is 8.62. The van der Waals surface area contributed by atoms with Crippen LogP contribution in [-0.4, -0.2) is 22.1 Å². The third-order valence-electron chi connectivity index (χ3n) is 11.2. The van der Waals surface area contributed by atoms with Crippen LogP contribution in [0.4, 0.5) is 5.69 Å². The van der Waals surface area contributed by atoms with Gasteiger partial charge in [0, 0.05) is 33.4 Å². The van der Waals surface area contributed by atoms with Crippen molar-refractivity contribution in [2.75, 3.05) is 4.90 Å². The molecule has 6 nitrogen and oxygen atoms in total. The summed E-state index contributed by atoms with van der Waals surface area (Å²) >= 11 is 0. The van der Waals surface area contributed by atoms with Crippen molar-refractivity contribution in [2.45, 2.75) is 13.0 Å². The Hall–Kier alpha value is -7.62. The number of benzene rings is 7. The van der Waals surface area contributed by atoms with Crippen molar-refractivity contribution in [3.05, 3.63) is 193 Å². The van der Waals surface area contributed by atoms with Crippen LogP contribution in [0.3, 0.4) is 0 Å². The highest BCUT2D eigenvalue weighted by atomic mass is 16.2. The Bertz CT molecular complexity index is 2970. The number of dihydropyridines is 1. The van der Waals surface area contributed by atoms with Crippen LogP contribution in [0.25, 0.3) is 60.9 Å². The molecule has 0 aliphatic carbocycles. The molecular formula is C51H34N4O2. The minimum absolute atomic E-state index is 0.0195. The van der Waals surface area contributed by atoms with Crippen LogP contribution in [0, 0.1) is 17.2 Å². The van der Waals surface area contributed by atoms with Crippen LogP contribution in [0.15, 0.2) is 181 Å². The molecule has 57 heavy (non-hydrogen) atoms. The molecule has 8 aromatic rings. The maximum absolute atomic E-state index is 15.5. The molecule has 2 aliphatic rings. The van der Waals surface area contributed by atoms with E-state index in [9.17, 15) is 5.26 Å². The summed E-state index contributed by atoms with van der Waals surface area (Å²) in [4.78, 5) is 36.8. The molecule has 2 amide bonds. The number of hydrogen-bond donors (Lipinski definition) is 0. The normalized spacial score (nSPS) is 16.2. The Balaban J connectivity index is 1.24. The Morgan fingerprint density at radius 1 is 0.596 bits per heavy atom. The summed E-state index contributed by atoms with van der Waals surface area (Å²) in [5, 5.41) is 11.8. The molecule has 2 aliphatic heterocycles. The first kappa shape index (κ1) is 33.9. The van der Waals surface area contributed by atoms with Crippen molar-refractivity contribution in [3.8, 4) is 45.1 Å². The van der Waals surface area contributed by atoms with E-state index in [0.29, 0.717) is 28.2 Å². The van der Waals surface area contributed by atoms with Crippen LogP contribution in [0.5, 0.6) is 0 Å².